The van der Waals surface area contributed by atoms with E-state index in [1.54, 1.807) is 18.2 Å². The molecule has 21 heavy (non-hydrogen) atoms. The minimum atomic E-state index is -0.452. The summed E-state index contributed by atoms with van der Waals surface area (Å²) in [5, 5.41) is 0. The van der Waals surface area contributed by atoms with Gasteiger partial charge in [-0.05, 0) is 116 Å². The van der Waals surface area contributed by atoms with Crippen LogP contribution < -0.4 is 0 Å². The summed E-state index contributed by atoms with van der Waals surface area (Å²) in [4.78, 5) is 0. The van der Waals surface area contributed by atoms with E-state index in [4.69, 9.17) is 0 Å². The summed E-state index contributed by atoms with van der Waals surface area (Å²) in [5.41, 5.74) is 1.68. The minimum Gasteiger partial charge on any atom is -0.246 e. The van der Waals surface area contributed by atoms with Crippen LogP contribution in [0.4, 0.5) is 8.78 Å². The number of hydrogen-bond donors (Lipinski definition) is 0. The Morgan fingerprint density at radius 3 is 1.86 bits per heavy atom. The van der Waals surface area contributed by atoms with Crippen molar-refractivity contribution < 1.29 is 8.78 Å². The summed E-state index contributed by atoms with van der Waals surface area (Å²) in [7, 11) is 0. The molecule has 0 nitrogen and oxygen atoms in total. The third kappa shape index (κ3) is 5.68. The van der Waals surface area contributed by atoms with Crippen LogP contribution >= 0.6 is 79.6 Å². The standard InChI is InChI=1S/C7H4Br3F.C7H5Br2F/c8-5-2-1-4(3-11)6(9)7(5)10;1-4-2-5(8)7(10)6(9)3-4/h1-2H,3H2;2-3H,1H3. The van der Waals surface area contributed by atoms with Crippen LogP contribution in [0.3, 0.4) is 0 Å². The lowest BCUT2D eigenvalue weighted by atomic mass is 10.2. The van der Waals surface area contributed by atoms with Crippen molar-refractivity contribution >= 4 is 79.6 Å². The highest BCUT2D eigenvalue weighted by Gasteiger charge is 2.06. The Morgan fingerprint density at radius 2 is 1.38 bits per heavy atom. The molecular formula is C14H9Br5F2. The average molecular weight is 615 g/mol. The van der Waals surface area contributed by atoms with Crippen molar-refractivity contribution in [3.05, 3.63) is 63.6 Å². The molecule has 0 spiro atoms. The van der Waals surface area contributed by atoms with Gasteiger partial charge in [0.25, 0.3) is 0 Å². The molecule has 0 saturated carbocycles. The molecule has 2 rings (SSSR count). The fourth-order valence-corrected chi connectivity index (χ4v) is 4.20. The Hall–Kier alpha value is 0.700. The van der Waals surface area contributed by atoms with E-state index in [1.807, 2.05) is 13.0 Å². The van der Waals surface area contributed by atoms with Crippen molar-refractivity contribution in [2.75, 3.05) is 0 Å². The lowest BCUT2D eigenvalue weighted by Crippen LogP contribution is -1.82. The Labute approximate surface area is 164 Å². The smallest absolute Gasteiger partial charge is 0.151 e. The monoisotopic (exact) mass is 610 g/mol. The Kier molecular flexibility index (Phi) is 8.56. The first kappa shape index (κ1) is 19.7. The molecule has 7 heteroatoms. The van der Waals surface area contributed by atoms with Gasteiger partial charge in [0.2, 0.25) is 0 Å². The highest BCUT2D eigenvalue weighted by Crippen LogP contribution is 2.33. The van der Waals surface area contributed by atoms with Gasteiger partial charge in [-0.3, -0.25) is 0 Å². The second-order valence-electron chi connectivity index (χ2n) is 4.01. The molecule has 114 valence electrons. The van der Waals surface area contributed by atoms with Crippen molar-refractivity contribution in [2.24, 2.45) is 0 Å². The summed E-state index contributed by atoms with van der Waals surface area (Å²) < 4.78 is 28.6. The summed E-state index contributed by atoms with van der Waals surface area (Å²) >= 11 is 16.1. The SMILES string of the molecule is Cc1cc(Br)c(F)c(Br)c1.FCc1ccc(Br)c(Br)c1Br. The fraction of sp³-hybridized carbons (Fsp3) is 0.143. The first-order chi connectivity index (χ1) is 9.77. The van der Waals surface area contributed by atoms with Crippen molar-refractivity contribution in [3.63, 3.8) is 0 Å². The summed E-state index contributed by atoms with van der Waals surface area (Å²) in [6, 6.07) is 7.02. The molecule has 0 heterocycles. The van der Waals surface area contributed by atoms with Crippen LogP contribution in [-0.2, 0) is 6.67 Å². The number of halogens is 7. The van der Waals surface area contributed by atoms with Crippen molar-refractivity contribution in [2.45, 2.75) is 13.6 Å². The van der Waals surface area contributed by atoms with Gasteiger partial charge in [0.15, 0.2) is 5.82 Å². The molecule has 0 radical (unpaired) electrons. The van der Waals surface area contributed by atoms with Crippen LogP contribution in [0.1, 0.15) is 11.1 Å². The Bertz CT molecular complexity index is 620. The van der Waals surface area contributed by atoms with Crippen molar-refractivity contribution in [1.82, 2.24) is 0 Å². The molecule has 2 aromatic rings. The largest absolute Gasteiger partial charge is 0.246 e. The maximum atomic E-state index is 12.8. The number of hydrogen-bond acceptors (Lipinski definition) is 0. The number of aryl methyl sites for hydroxylation is 1. The van der Waals surface area contributed by atoms with E-state index in [0.717, 1.165) is 19.0 Å². The highest BCUT2D eigenvalue weighted by atomic mass is 79.9. The molecule has 0 amide bonds. The molecule has 2 aromatic carbocycles. The van der Waals surface area contributed by atoms with Crippen LogP contribution in [0.2, 0.25) is 0 Å². The lowest BCUT2D eigenvalue weighted by molar-refractivity contribution is 0.483. The summed E-state index contributed by atoms with van der Waals surface area (Å²) in [6.45, 7) is 1.46. The van der Waals surface area contributed by atoms with Crippen molar-refractivity contribution in [1.29, 1.82) is 0 Å². The second-order valence-corrected chi connectivity index (χ2v) is 8.16. The van der Waals surface area contributed by atoms with Gasteiger partial charge in [-0.2, -0.15) is 0 Å². The molecule has 0 N–H and O–H groups in total. The van der Waals surface area contributed by atoms with Crippen LogP contribution in [0.25, 0.3) is 0 Å². The predicted molar refractivity (Wildman–Crippen MR) is 101 cm³/mol. The molecule has 0 aliphatic carbocycles. The van der Waals surface area contributed by atoms with Gasteiger partial charge in [-0.15, -0.1) is 0 Å². The second kappa shape index (κ2) is 9.11. The Morgan fingerprint density at radius 1 is 0.857 bits per heavy atom. The third-order valence-corrected chi connectivity index (χ3v) is 7.00. The molecule has 0 bridgehead atoms. The van der Waals surface area contributed by atoms with E-state index in [9.17, 15) is 8.78 Å². The quantitative estimate of drug-likeness (QED) is 0.285. The first-order valence-electron chi connectivity index (χ1n) is 5.57. The zero-order valence-corrected chi connectivity index (χ0v) is 18.6. The highest BCUT2D eigenvalue weighted by molar-refractivity contribution is 9.14. The van der Waals surface area contributed by atoms with Gasteiger partial charge < -0.3 is 0 Å². The van der Waals surface area contributed by atoms with E-state index in [1.165, 1.54) is 0 Å². The van der Waals surface area contributed by atoms with Gasteiger partial charge >= 0.3 is 0 Å². The molecule has 0 aliphatic rings. The molecule has 0 aliphatic heterocycles. The van der Waals surface area contributed by atoms with Crippen LogP contribution in [0.5, 0.6) is 0 Å². The maximum Gasteiger partial charge on any atom is 0.151 e. The van der Waals surface area contributed by atoms with Crippen LogP contribution in [0.15, 0.2) is 46.6 Å². The van der Waals surface area contributed by atoms with Crippen LogP contribution in [0, 0.1) is 12.7 Å². The number of alkyl halides is 1. The van der Waals surface area contributed by atoms with Gasteiger partial charge in [0.05, 0.1) is 8.95 Å². The molecule has 0 atom stereocenters. The van der Waals surface area contributed by atoms with E-state index in [0.29, 0.717) is 14.5 Å². The van der Waals surface area contributed by atoms with Gasteiger partial charge in [0, 0.05) is 13.4 Å². The number of benzene rings is 2. The van der Waals surface area contributed by atoms with E-state index in [2.05, 4.69) is 79.6 Å². The summed E-state index contributed by atoms with van der Waals surface area (Å²) in [6.07, 6.45) is 0. The van der Waals surface area contributed by atoms with Crippen molar-refractivity contribution in [3.8, 4) is 0 Å². The topological polar surface area (TPSA) is 0 Å². The average Bonchev–Trinajstić information content (AvgIpc) is 2.43. The van der Waals surface area contributed by atoms with Crippen LogP contribution in [-0.4, -0.2) is 0 Å². The zero-order chi connectivity index (χ0) is 16.2. The maximum absolute atomic E-state index is 12.8. The van der Waals surface area contributed by atoms with E-state index in [-0.39, 0.29) is 5.82 Å². The lowest BCUT2D eigenvalue weighted by Gasteiger charge is -2.03. The molecular weight excluding hydrogens is 606 g/mol. The molecule has 0 aromatic heterocycles. The predicted octanol–water partition coefficient (Wildman–Crippen LogP) is 8.10. The molecule has 0 saturated heterocycles. The fourth-order valence-electron chi connectivity index (χ4n) is 1.35. The minimum absolute atomic E-state index is 0.245. The van der Waals surface area contributed by atoms with E-state index < -0.39 is 6.67 Å². The molecule has 0 unspecified atom stereocenters. The summed E-state index contributed by atoms with van der Waals surface area (Å²) in [5.74, 6) is -0.245. The van der Waals surface area contributed by atoms with Gasteiger partial charge in [0.1, 0.15) is 6.67 Å². The normalized spacial score (nSPS) is 10.1. The van der Waals surface area contributed by atoms with E-state index >= 15 is 0 Å². The zero-order valence-electron chi connectivity index (χ0n) is 10.7. The van der Waals surface area contributed by atoms with Gasteiger partial charge in [-0.1, -0.05) is 6.07 Å². The number of rotatable bonds is 1. The first-order valence-corrected chi connectivity index (χ1v) is 9.54. The Balaban J connectivity index is 0.000000211. The molecule has 0 fully saturated rings. The van der Waals surface area contributed by atoms with Gasteiger partial charge in [-0.25, -0.2) is 8.78 Å². The third-order valence-electron chi connectivity index (χ3n) is 2.39.